The van der Waals surface area contributed by atoms with Crippen molar-refractivity contribution in [2.75, 3.05) is 19.6 Å². The van der Waals surface area contributed by atoms with Crippen LogP contribution in [0.3, 0.4) is 0 Å². The van der Waals surface area contributed by atoms with E-state index < -0.39 is 5.60 Å². The number of rotatable bonds is 4. The number of aliphatic hydroxyl groups is 1. The molecule has 146 valence electrons. The molecule has 1 heterocycles. The summed E-state index contributed by atoms with van der Waals surface area (Å²) in [7, 11) is 0. The van der Waals surface area contributed by atoms with E-state index in [1.165, 1.54) is 31.2 Å². The Labute approximate surface area is 169 Å². The molecule has 0 unspecified atom stereocenters. The second-order valence-corrected chi connectivity index (χ2v) is 8.40. The largest absolute Gasteiger partial charge is 0.373 e. The van der Waals surface area contributed by atoms with Crippen molar-refractivity contribution in [1.82, 2.24) is 4.90 Å². The van der Waals surface area contributed by atoms with Crippen LogP contribution in [-0.4, -0.2) is 29.6 Å². The van der Waals surface area contributed by atoms with Gasteiger partial charge in [-0.1, -0.05) is 91.8 Å². The Bertz CT molecular complexity index is 801. The molecule has 2 nitrogen and oxygen atoms in total. The van der Waals surface area contributed by atoms with Crippen LogP contribution in [0.25, 0.3) is 0 Å². The molecule has 2 aliphatic rings. The van der Waals surface area contributed by atoms with Gasteiger partial charge in [-0.2, -0.15) is 0 Å². The SMILES string of the molecule is O[C@](C#CCN1CC[C@@H](c2ccccc2)C1)(c1ccccc1)C1CCCCC1. The lowest BCUT2D eigenvalue weighted by Crippen LogP contribution is -2.35. The molecule has 2 aromatic rings. The average Bonchev–Trinajstić information content (AvgIpc) is 3.24. The Morgan fingerprint density at radius 2 is 1.57 bits per heavy atom. The third-order valence-corrected chi connectivity index (χ3v) is 6.53. The topological polar surface area (TPSA) is 23.5 Å². The molecule has 0 spiro atoms. The summed E-state index contributed by atoms with van der Waals surface area (Å²) in [6.45, 7) is 2.89. The van der Waals surface area contributed by atoms with Gasteiger partial charge in [0, 0.05) is 12.5 Å². The molecule has 4 rings (SSSR count). The van der Waals surface area contributed by atoms with Gasteiger partial charge in [0.05, 0.1) is 6.54 Å². The second-order valence-electron chi connectivity index (χ2n) is 8.40. The van der Waals surface area contributed by atoms with Crippen molar-refractivity contribution in [2.45, 2.75) is 50.0 Å². The maximum absolute atomic E-state index is 11.6. The van der Waals surface area contributed by atoms with Crippen LogP contribution in [0.5, 0.6) is 0 Å². The third-order valence-electron chi connectivity index (χ3n) is 6.53. The van der Waals surface area contributed by atoms with Gasteiger partial charge >= 0.3 is 0 Å². The fourth-order valence-electron chi connectivity index (χ4n) is 4.88. The molecule has 0 amide bonds. The first-order valence-corrected chi connectivity index (χ1v) is 10.8. The molecule has 0 bridgehead atoms. The molecular weight excluding hydrogens is 342 g/mol. The van der Waals surface area contributed by atoms with Crippen LogP contribution in [0.15, 0.2) is 60.7 Å². The summed E-state index contributed by atoms with van der Waals surface area (Å²) in [5, 5.41) is 11.6. The number of benzene rings is 2. The van der Waals surface area contributed by atoms with Crippen LogP contribution < -0.4 is 0 Å². The maximum atomic E-state index is 11.6. The van der Waals surface area contributed by atoms with Gasteiger partial charge in [-0.3, -0.25) is 4.90 Å². The summed E-state index contributed by atoms with van der Waals surface area (Å²) in [5.74, 6) is 7.54. The van der Waals surface area contributed by atoms with Crippen molar-refractivity contribution in [3.63, 3.8) is 0 Å². The van der Waals surface area contributed by atoms with Crippen LogP contribution >= 0.6 is 0 Å². The van der Waals surface area contributed by atoms with Gasteiger partial charge < -0.3 is 5.11 Å². The predicted octanol–water partition coefficient (Wildman–Crippen LogP) is 4.95. The lowest BCUT2D eigenvalue weighted by atomic mass is 9.73. The summed E-state index contributed by atoms with van der Waals surface area (Å²) in [6, 6.07) is 20.9. The molecule has 0 aromatic heterocycles. The fraction of sp³-hybridized carbons (Fsp3) is 0.462. The molecule has 1 saturated carbocycles. The quantitative estimate of drug-likeness (QED) is 0.767. The minimum absolute atomic E-state index is 0.242. The Kier molecular flexibility index (Phi) is 6.15. The highest BCUT2D eigenvalue weighted by Gasteiger charge is 2.37. The fourth-order valence-corrected chi connectivity index (χ4v) is 4.88. The first-order valence-electron chi connectivity index (χ1n) is 10.8. The summed E-state index contributed by atoms with van der Waals surface area (Å²) in [4.78, 5) is 2.43. The van der Waals surface area contributed by atoms with E-state index >= 15 is 0 Å². The maximum Gasteiger partial charge on any atom is 0.153 e. The highest BCUT2D eigenvalue weighted by Crippen LogP contribution is 2.39. The summed E-state index contributed by atoms with van der Waals surface area (Å²) < 4.78 is 0. The van der Waals surface area contributed by atoms with Crippen LogP contribution in [0.1, 0.15) is 55.6 Å². The van der Waals surface area contributed by atoms with E-state index in [-0.39, 0.29) is 5.92 Å². The third kappa shape index (κ3) is 4.32. The van der Waals surface area contributed by atoms with E-state index in [2.05, 4.69) is 47.1 Å². The molecule has 2 heteroatoms. The molecule has 2 atom stereocenters. The molecule has 1 N–H and O–H groups in total. The monoisotopic (exact) mass is 373 g/mol. The normalized spacial score (nSPS) is 23.0. The minimum atomic E-state index is -1.01. The zero-order valence-electron chi connectivity index (χ0n) is 16.7. The van der Waals surface area contributed by atoms with Crippen molar-refractivity contribution in [1.29, 1.82) is 0 Å². The standard InChI is InChI=1S/C26H31NO/c28-26(24-13-6-2-7-14-24,25-15-8-3-9-16-25)18-10-19-27-20-17-23(21-27)22-11-4-1-5-12-22/h1-2,4-7,11-14,23,25,28H,3,8-9,15-17,19-21H2/t23-,26-/m1/s1. The Morgan fingerprint density at radius 1 is 0.893 bits per heavy atom. The number of nitrogens with zero attached hydrogens (tertiary/aromatic N) is 1. The predicted molar refractivity (Wildman–Crippen MR) is 115 cm³/mol. The lowest BCUT2D eigenvalue weighted by molar-refractivity contribution is 0.0158. The molecule has 0 radical (unpaired) electrons. The van der Waals surface area contributed by atoms with Gasteiger partial charge in [-0.05, 0) is 42.9 Å². The van der Waals surface area contributed by atoms with Crippen LogP contribution in [0.4, 0.5) is 0 Å². The van der Waals surface area contributed by atoms with Crippen LogP contribution in [0, 0.1) is 17.8 Å². The summed E-state index contributed by atoms with van der Waals surface area (Å²) in [6.07, 6.45) is 7.01. The highest BCUT2D eigenvalue weighted by molar-refractivity contribution is 5.33. The molecule has 2 fully saturated rings. The molecule has 28 heavy (non-hydrogen) atoms. The lowest BCUT2D eigenvalue weighted by Gasteiger charge is -2.35. The van der Waals surface area contributed by atoms with Crippen molar-refractivity contribution < 1.29 is 5.11 Å². The zero-order chi connectivity index (χ0) is 19.2. The Hall–Kier alpha value is -2.08. The van der Waals surface area contributed by atoms with Gasteiger partial charge in [-0.15, -0.1) is 0 Å². The minimum Gasteiger partial charge on any atom is -0.373 e. The smallest absolute Gasteiger partial charge is 0.153 e. The van der Waals surface area contributed by atoms with Crippen LogP contribution in [-0.2, 0) is 5.60 Å². The van der Waals surface area contributed by atoms with Crippen molar-refractivity contribution >= 4 is 0 Å². The van der Waals surface area contributed by atoms with Crippen molar-refractivity contribution in [3.8, 4) is 11.8 Å². The average molecular weight is 374 g/mol. The van der Waals surface area contributed by atoms with Gasteiger partial charge in [0.1, 0.15) is 0 Å². The van der Waals surface area contributed by atoms with Crippen LogP contribution in [0.2, 0.25) is 0 Å². The van der Waals surface area contributed by atoms with E-state index in [1.807, 2.05) is 30.3 Å². The van der Waals surface area contributed by atoms with Gasteiger partial charge in [0.25, 0.3) is 0 Å². The molecule has 1 saturated heterocycles. The van der Waals surface area contributed by atoms with Crippen molar-refractivity contribution in [3.05, 3.63) is 71.8 Å². The molecule has 2 aromatic carbocycles. The highest BCUT2D eigenvalue weighted by atomic mass is 16.3. The van der Waals surface area contributed by atoms with Crippen molar-refractivity contribution in [2.24, 2.45) is 5.92 Å². The van der Waals surface area contributed by atoms with E-state index in [0.29, 0.717) is 5.92 Å². The Balaban J connectivity index is 1.46. The first-order chi connectivity index (χ1) is 13.8. The molecule has 1 aliphatic heterocycles. The summed E-state index contributed by atoms with van der Waals surface area (Å²) >= 11 is 0. The second kappa shape index (κ2) is 8.95. The number of likely N-dealkylation sites (tertiary alicyclic amines) is 1. The van der Waals surface area contributed by atoms with E-state index in [4.69, 9.17) is 0 Å². The van der Waals surface area contributed by atoms with E-state index in [9.17, 15) is 5.11 Å². The Morgan fingerprint density at radius 3 is 2.29 bits per heavy atom. The zero-order valence-corrected chi connectivity index (χ0v) is 16.7. The van der Waals surface area contributed by atoms with E-state index in [1.54, 1.807) is 0 Å². The first kappa shape index (κ1) is 19.2. The van der Waals surface area contributed by atoms with E-state index in [0.717, 1.165) is 38.0 Å². The van der Waals surface area contributed by atoms with Gasteiger partial charge in [-0.25, -0.2) is 0 Å². The molecule has 1 aliphatic carbocycles. The summed E-state index contributed by atoms with van der Waals surface area (Å²) in [5.41, 5.74) is 1.37. The van der Waals surface area contributed by atoms with Gasteiger partial charge in [0.15, 0.2) is 5.60 Å². The number of hydrogen-bond donors (Lipinski definition) is 1. The van der Waals surface area contributed by atoms with Gasteiger partial charge in [0.2, 0.25) is 0 Å². The molecular formula is C26H31NO. The number of hydrogen-bond acceptors (Lipinski definition) is 2.